The van der Waals surface area contributed by atoms with Crippen LogP contribution in [0, 0.1) is 5.82 Å². The van der Waals surface area contributed by atoms with Crippen molar-refractivity contribution in [3.63, 3.8) is 0 Å². The van der Waals surface area contributed by atoms with Crippen molar-refractivity contribution in [2.45, 2.75) is 13.0 Å². The molecule has 1 heterocycles. The topological polar surface area (TPSA) is 60.7 Å². The predicted molar refractivity (Wildman–Crippen MR) is 85.1 cm³/mol. The molecule has 2 aromatic carbocycles. The fourth-order valence-electron chi connectivity index (χ4n) is 2.24. The molecule has 0 amide bonds. The van der Waals surface area contributed by atoms with Crippen molar-refractivity contribution in [2.24, 2.45) is 0 Å². The minimum absolute atomic E-state index is 0.0200. The molecule has 4 nitrogen and oxygen atoms in total. The van der Waals surface area contributed by atoms with Crippen LogP contribution in [0.4, 0.5) is 10.1 Å². The lowest BCUT2D eigenvalue weighted by Crippen LogP contribution is -2.06. The molecule has 21 heavy (non-hydrogen) atoms. The highest BCUT2D eigenvalue weighted by molar-refractivity contribution is 9.10. The van der Waals surface area contributed by atoms with Gasteiger partial charge in [-0.2, -0.15) is 0 Å². The van der Waals surface area contributed by atoms with Crippen molar-refractivity contribution in [1.82, 2.24) is 9.97 Å². The van der Waals surface area contributed by atoms with Crippen LogP contribution in [-0.4, -0.2) is 9.97 Å². The SMILES string of the molecule is CC(Nc1ccc(Br)c(F)c1)c1ccc2[nH]c(=O)[nH]c2c1. The van der Waals surface area contributed by atoms with Gasteiger partial charge in [-0.3, -0.25) is 0 Å². The second kappa shape index (κ2) is 5.37. The van der Waals surface area contributed by atoms with Crippen LogP contribution in [-0.2, 0) is 0 Å². The molecule has 0 aliphatic carbocycles. The van der Waals surface area contributed by atoms with Gasteiger partial charge in [0.15, 0.2) is 0 Å². The van der Waals surface area contributed by atoms with E-state index < -0.39 is 0 Å². The van der Waals surface area contributed by atoms with Gasteiger partial charge in [0.2, 0.25) is 0 Å². The molecule has 0 fully saturated rings. The fraction of sp³-hybridized carbons (Fsp3) is 0.133. The summed E-state index contributed by atoms with van der Waals surface area (Å²) in [6, 6.07) is 10.6. The third-order valence-corrected chi connectivity index (χ3v) is 3.99. The first-order valence-corrected chi connectivity index (χ1v) is 7.26. The first kappa shape index (κ1) is 13.9. The van der Waals surface area contributed by atoms with Gasteiger partial charge < -0.3 is 15.3 Å². The number of aromatic nitrogens is 2. The number of anilines is 1. The van der Waals surface area contributed by atoms with Gasteiger partial charge in [0, 0.05) is 11.7 Å². The third kappa shape index (κ3) is 2.85. The maximum atomic E-state index is 13.5. The Morgan fingerprint density at radius 2 is 1.90 bits per heavy atom. The van der Waals surface area contributed by atoms with Crippen molar-refractivity contribution in [3.05, 3.63) is 62.7 Å². The number of rotatable bonds is 3. The molecular formula is C15H13BrFN3O. The second-order valence-electron chi connectivity index (χ2n) is 4.88. The summed E-state index contributed by atoms with van der Waals surface area (Å²) in [5, 5.41) is 3.23. The van der Waals surface area contributed by atoms with E-state index >= 15 is 0 Å². The van der Waals surface area contributed by atoms with E-state index in [1.165, 1.54) is 6.07 Å². The van der Waals surface area contributed by atoms with Crippen molar-refractivity contribution >= 4 is 32.7 Å². The zero-order chi connectivity index (χ0) is 15.0. The molecule has 3 rings (SSSR count). The molecular weight excluding hydrogens is 337 g/mol. The highest BCUT2D eigenvalue weighted by atomic mass is 79.9. The van der Waals surface area contributed by atoms with Crippen LogP contribution >= 0.6 is 15.9 Å². The Morgan fingerprint density at radius 1 is 1.14 bits per heavy atom. The molecule has 1 atom stereocenters. The van der Waals surface area contributed by atoms with Gasteiger partial charge in [0.25, 0.3) is 0 Å². The van der Waals surface area contributed by atoms with Crippen LogP contribution in [0.2, 0.25) is 0 Å². The summed E-state index contributed by atoms with van der Waals surface area (Å²) in [7, 11) is 0. The Kier molecular flexibility index (Phi) is 3.55. The molecule has 0 saturated heterocycles. The van der Waals surface area contributed by atoms with Gasteiger partial charge in [-0.1, -0.05) is 6.07 Å². The molecule has 1 unspecified atom stereocenters. The lowest BCUT2D eigenvalue weighted by molar-refractivity contribution is 0.621. The second-order valence-corrected chi connectivity index (χ2v) is 5.73. The number of fused-ring (bicyclic) bond motifs is 1. The van der Waals surface area contributed by atoms with Gasteiger partial charge in [-0.05, 0) is 58.7 Å². The summed E-state index contributed by atoms with van der Waals surface area (Å²) in [5.74, 6) is -0.308. The quantitative estimate of drug-likeness (QED) is 0.670. The zero-order valence-corrected chi connectivity index (χ0v) is 12.8. The van der Waals surface area contributed by atoms with E-state index in [1.54, 1.807) is 12.1 Å². The van der Waals surface area contributed by atoms with Crippen LogP contribution in [0.3, 0.4) is 0 Å². The van der Waals surface area contributed by atoms with Crippen LogP contribution in [0.25, 0.3) is 11.0 Å². The van der Waals surface area contributed by atoms with Gasteiger partial charge in [0.05, 0.1) is 15.5 Å². The van der Waals surface area contributed by atoms with Crippen molar-refractivity contribution in [3.8, 4) is 0 Å². The Hall–Kier alpha value is -2.08. The minimum Gasteiger partial charge on any atom is -0.378 e. The molecule has 108 valence electrons. The molecule has 3 N–H and O–H groups in total. The maximum absolute atomic E-state index is 13.5. The summed E-state index contributed by atoms with van der Waals surface area (Å²) in [6.45, 7) is 1.98. The molecule has 0 aliphatic rings. The fourth-order valence-corrected chi connectivity index (χ4v) is 2.49. The Morgan fingerprint density at radius 3 is 2.67 bits per heavy atom. The first-order chi connectivity index (χ1) is 10.0. The minimum atomic E-state index is -0.308. The number of imidazole rings is 1. The number of benzene rings is 2. The molecule has 6 heteroatoms. The standard InChI is InChI=1S/C15H13BrFN3O/c1-8(18-10-3-4-11(16)12(17)7-10)9-2-5-13-14(6-9)20-15(21)19-13/h2-8,18H,1H3,(H2,19,20,21). The van der Waals surface area contributed by atoms with E-state index in [2.05, 4.69) is 31.2 Å². The van der Waals surface area contributed by atoms with E-state index in [1.807, 2.05) is 25.1 Å². The average Bonchev–Trinajstić information content (AvgIpc) is 2.82. The van der Waals surface area contributed by atoms with E-state index in [-0.39, 0.29) is 17.5 Å². The van der Waals surface area contributed by atoms with Crippen LogP contribution in [0.15, 0.2) is 45.7 Å². The highest BCUT2D eigenvalue weighted by Crippen LogP contribution is 2.24. The first-order valence-electron chi connectivity index (χ1n) is 6.46. The molecule has 0 radical (unpaired) electrons. The summed E-state index contributed by atoms with van der Waals surface area (Å²) in [4.78, 5) is 16.7. The number of aromatic amines is 2. The lowest BCUT2D eigenvalue weighted by Gasteiger charge is -2.16. The zero-order valence-electron chi connectivity index (χ0n) is 11.2. The third-order valence-electron chi connectivity index (χ3n) is 3.34. The normalized spacial score (nSPS) is 12.5. The van der Waals surface area contributed by atoms with Gasteiger partial charge in [0.1, 0.15) is 5.82 Å². The molecule has 3 aromatic rings. The average molecular weight is 350 g/mol. The molecule has 0 bridgehead atoms. The predicted octanol–water partition coefficient (Wildman–Crippen LogP) is 3.93. The Balaban J connectivity index is 1.87. The molecule has 0 aliphatic heterocycles. The maximum Gasteiger partial charge on any atom is 0.323 e. The largest absolute Gasteiger partial charge is 0.378 e. The van der Waals surface area contributed by atoms with E-state index in [0.717, 1.165) is 16.6 Å². The smallest absolute Gasteiger partial charge is 0.323 e. The van der Waals surface area contributed by atoms with E-state index in [9.17, 15) is 9.18 Å². The summed E-state index contributed by atoms with van der Waals surface area (Å²) in [6.07, 6.45) is 0. The van der Waals surface area contributed by atoms with Crippen molar-refractivity contribution in [1.29, 1.82) is 0 Å². The van der Waals surface area contributed by atoms with Crippen molar-refractivity contribution in [2.75, 3.05) is 5.32 Å². The molecule has 0 spiro atoms. The lowest BCUT2D eigenvalue weighted by atomic mass is 10.1. The van der Waals surface area contributed by atoms with Crippen LogP contribution in [0.5, 0.6) is 0 Å². The van der Waals surface area contributed by atoms with E-state index in [4.69, 9.17) is 0 Å². The Labute approximate surface area is 128 Å². The number of nitrogens with one attached hydrogen (secondary N) is 3. The van der Waals surface area contributed by atoms with E-state index in [0.29, 0.717) is 10.2 Å². The summed E-state index contributed by atoms with van der Waals surface area (Å²) < 4.78 is 13.9. The van der Waals surface area contributed by atoms with Gasteiger partial charge in [-0.15, -0.1) is 0 Å². The molecule has 1 aromatic heterocycles. The van der Waals surface area contributed by atoms with Gasteiger partial charge >= 0.3 is 5.69 Å². The number of hydrogen-bond acceptors (Lipinski definition) is 2. The monoisotopic (exact) mass is 349 g/mol. The highest BCUT2D eigenvalue weighted by Gasteiger charge is 2.09. The number of hydrogen-bond donors (Lipinski definition) is 3. The van der Waals surface area contributed by atoms with Crippen molar-refractivity contribution < 1.29 is 4.39 Å². The number of H-pyrrole nitrogens is 2. The summed E-state index contributed by atoms with van der Waals surface area (Å²) >= 11 is 3.13. The Bertz CT molecular complexity index is 855. The number of halogens is 2. The molecule has 0 saturated carbocycles. The summed E-state index contributed by atoms with van der Waals surface area (Å²) in [5.41, 5.74) is 3.00. The van der Waals surface area contributed by atoms with Gasteiger partial charge in [-0.25, -0.2) is 9.18 Å². The van der Waals surface area contributed by atoms with Crippen LogP contribution < -0.4 is 11.0 Å². The van der Waals surface area contributed by atoms with Crippen LogP contribution in [0.1, 0.15) is 18.5 Å².